The van der Waals surface area contributed by atoms with Gasteiger partial charge in [0.2, 0.25) is 0 Å². The number of fused-ring (bicyclic) bond motifs is 9. The molecule has 0 unspecified atom stereocenters. The number of hydrogen-bond donors (Lipinski definition) is 0. The molecule has 0 amide bonds. The SMILES string of the molecule is CCC1(CC)c2cc(-c3ccc4c(c3)C(CCC(C)C)(CCC(C)C)c3ccccc3-4)ccc2-c2ccc(-c3ccc4c(c3)C(CCC(C)C)(CCC(C)C)c3ccccc3-4)cc21. The maximum atomic E-state index is 2.62. The standard InChI is InChI=1S/C63H74/c1-11-61(12-2)57-37-45(47-21-25-51-49-17-13-15-19-55(49)62(59(51)39-47,33-29-41(3)4)34-30-42(5)6)23-27-53(57)54-28-24-46(38-58(54)61)48-22-26-52-50-18-14-16-20-56(50)63(60(52)40-48,35-31-43(7)8)36-32-44(9)10/h13-28,37-44H,11-12,29-36H2,1-10H3. The minimum atomic E-state index is -0.0345. The lowest BCUT2D eigenvalue weighted by Crippen LogP contribution is -2.26. The van der Waals surface area contributed by atoms with Gasteiger partial charge in [-0.3, -0.25) is 0 Å². The molecule has 0 radical (unpaired) electrons. The fourth-order valence-electron chi connectivity index (χ4n) is 12.6. The van der Waals surface area contributed by atoms with E-state index in [2.05, 4.69) is 191 Å². The molecule has 326 valence electrons. The molecule has 0 spiro atoms. The second kappa shape index (κ2) is 17.0. The smallest absolute Gasteiger partial charge is 0.0215 e. The van der Waals surface area contributed by atoms with E-state index in [0.29, 0.717) is 23.7 Å². The highest BCUT2D eigenvalue weighted by atomic mass is 14.5. The molecule has 9 rings (SSSR count). The monoisotopic (exact) mass is 831 g/mol. The summed E-state index contributed by atoms with van der Waals surface area (Å²) in [6.45, 7) is 24.0. The lowest BCUT2D eigenvalue weighted by Gasteiger charge is -2.34. The highest BCUT2D eigenvalue weighted by Crippen LogP contribution is 2.59. The molecule has 0 heteroatoms. The van der Waals surface area contributed by atoms with Crippen LogP contribution < -0.4 is 0 Å². The van der Waals surface area contributed by atoms with Gasteiger partial charge in [-0.2, -0.15) is 0 Å². The molecule has 3 aliphatic rings. The third kappa shape index (κ3) is 7.27. The molecule has 0 atom stereocenters. The van der Waals surface area contributed by atoms with Crippen LogP contribution in [0.3, 0.4) is 0 Å². The minimum Gasteiger partial charge on any atom is -0.0642 e. The highest BCUT2D eigenvalue weighted by molar-refractivity contribution is 5.89. The molecule has 0 N–H and O–H groups in total. The van der Waals surface area contributed by atoms with E-state index >= 15 is 0 Å². The Balaban J connectivity index is 1.12. The number of benzene rings is 6. The summed E-state index contributed by atoms with van der Waals surface area (Å²) in [6, 6.07) is 48.7. The van der Waals surface area contributed by atoms with Gasteiger partial charge in [0.1, 0.15) is 0 Å². The van der Waals surface area contributed by atoms with Gasteiger partial charge < -0.3 is 0 Å². The van der Waals surface area contributed by atoms with Crippen LogP contribution in [0.1, 0.15) is 167 Å². The van der Waals surface area contributed by atoms with E-state index in [1.165, 1.54) is 118 Å². The predicted molar refractivity (Wildman–Crippen MR) is 273 cm³/mol. The Hall–Kier alpha value is -4.68. The van der Waals surface area contributed by atoms with Crippen LogP contribution in [-0.4, -0.2) is 0 Å². The molecule has 0 saturated carbocycles. The van der Waals surface area contributed by atoms with E-state index in [1.807, 2.05) is 0 Å². The second-order valence-corrected chi connectivity index (χ2v) is 21.8. The molecule has 6 aromatic carbocycles. The first kappa shape index (κ1) is 43.6. The van der Waals surface area contributed by atoms with Crippen LogP contribution in [0.15, 0.2) is 121 Å². The molecular formula is C63H74. The Bertz CT molecular complexity index is 2420. The summed E-state index contributed by atoms with van der Waals surface area (Å²) < 4.78 is 0. The lowest BCUT2D eigenvalue weighted by molar-refractivity contribution is 0.364. The number of hydrogen-bond acceptors (Lipinski definition) is 0. The molecule has 63 heavy (non-hydrogen) atoms. The Morgan fingerprint density at radius 2 is 0.556 bits per heavy atom. The van der Waals surface area contributed by atoms with Gasteiger partial charge >= 0.3 is 0 Å². The second-order valence-electron chi connectivity index (χ2n) is 21.8. The van der Waals surface area contributed by atoms with Crippen molar-refractivity contribution >= 4 is 0 Å². The van der Waals surface area contributed by atoms with Gasteiger partial charge in [0.15, 0.2) is 0 Å². The van der Waals surface area contributed by atoms with Crippen LogP contribution in [0.2, 0.25) is 0 Å². The van der Waals surface area contributed by atoms with Crippen molar-refractivity contribution in [2.45, 2.75) is 150 Å². The van der Waals surface area contributed by atoms with Crippen LogP contribution in [0.4, 0.5) is 0 Å². The van der Waals surface area contributed by atoms with Crippen molar-refractivity contribution in [3.63, 3.8) is 0 Å². The van der Waals surface area contributed by atoms with Crippen molar-refractivity contribution in [3.05, 3.63) is 155 Å². The van der Waals surface area contributed by atoms with E-state index in [-0.39, 0.29) is 16.2 Å². The van der Waals surface area contributed by atoms with E-state index in [4.69, 9.17) is 0 Å². The van der Waals surface area contributed by atoms with Crippen molar-refractivity contribution in [1.29, 1.82) is 0 Å². The van der Waals surface area contributed by atoms with Gasteiger partial charge in [0, 0.05) is 16.2 Å². The highest BCUT2D eigenvalue weighted by Gasteiger charge is 2.45. The minimum absolute atomic E-state index is 0.0345. The fourth-order valence-corrected chi connectivity index (χ4v) is 12.6. The van der Waals surface area contributed by atoms with Crippen LogP contribution >= 0.6 is 0 Å². The topological polar surface area (TPSA) is 0 Å². The van der Waals surface area contributed by atoms with Crippen LogP contribution in [0, 0.1) is 23.7 Å². The maximum absolute atomic E-state index is 2.62. The number of rotatable bonds is 16. The normalized spacial score (nSPS) is 15.8. The third-order valence-electron chi connectivity index (χ3n) is 16.4. The van der Waals surface area contributed by atoms with Crippen molar-refractivity contribution in [2.24, 2.45) is 23.7 Å². The average molecular weight is 831 g/mol. The first-order chi connectivity index (χ1) is 30.4. The molecule has 0 fully saturated rings. The molecule has 0 saturated heterocycles. The molecule has 0 aliphatic heterocycles. The molecular weight excluding hydrogens is 757 g/mol. The third-order valence-corrected chi connectivity index (χ3v) is 16.4. The van der Waals surface area contributed by atoms with Crippen molar-refractivity contribution in [1.82, 2.24) is 0 Å². The van der Waals surface area contributed by atoms with E-state index < -0.39 is 0 Å². The zero-order valence-electron chi connectivity index (χ0n) is 40.4. The largest absolute Gasteiger partial charge is 0.0642 e. The molecule has 0 heterocycles. The zero-order valence-corrected chi connectivity index (χ0v) is 40.4. The zero-order chi connectivity index (χ0) is 44.3. The summed E-state index contributed by atoms with van der Waals surface area (Å²) in [5.41, 5.74) is 23.4. The van der Waals surface area contributed by atoms with Gasteiger partial charge in [0.05, 0.1) is 0 Å². The lowest BCUT2D eigenvalue weighted by atomic mass is 9.69. The van der Waals surface area contributed by atoms with E-state index in [0.717, 1.165) is 12.8 Å². The summed E-state index contributed by atoms with van der Waals surface area (Å²) in [4.78, 5) is 0. The first-order valence-electron chi connectivity index (χ1n) is 25.1. The fraction of sp³-hybridized carbons (Fsp3) is 0.429. The molecule has 0 aromatic heterocycles. The molecule has 6 aromatic rings. The summed E-state index contributed by atoms with van der Waals surface area (Å²) >= 11 is 0. The summed E-state index contributed by atoms with van der Waals surface area (Å²) in [7, 11) is 0. The van der Waals surface area contributed by atoms with Crippen molar-refractivity contribution < 1.29 is 0 Å². The van der Waals surface area contributed by atoms with Crippen molar-refractivity contribution in [3.8, 4) is 55.6 Å². The molecule has 0 nitrogen and oxygen atoms in total. The Kier molecular flexibility index (Phi) is 11.8. The maximum Gasteiger partial charge on any atom is 0.0215 e. The van der Waals surface area contributed by atoms with E-state index in [1.54, 1.807) is 22.3 Å². The van der Waals surface area contributed by atoms with Gasteiger partial charge in [-0.15, -0.1) is 0 Å². The molecule has 0 bridgehead atoms. The van der Waals surface area contributed by atoms with Crippen LogP contribution in [-0.2, 0) is 16.2 Å². The summed E-state index contributed by atoms with van der Waals surface area (Å²) in [5.74, 6) is 2.70. The van der Waals surface area contributed by atoms with E-state index in [9.17, 15) is 0 Å². The first-order valence-corrected chi connectivity index (χ1v) is 25.1. The Morgan fingerprint density at radius 3 is 0.825 bits per heavy atom. The summed E-state index contributed by atoms with van der Waals surface area (Å²) in [5, 5.41) is 0. The predicted octanol–water partition coefficient (Wildman–Crippen LogP) is 18.4. The van der Waals surface area contributed by atoms with Gasteiger partial charge in [-0.25, -0.2) is 0 Å². The quantitative estimate of drug-likeness (QED) is 0.0911. The van der Waals surface area contributed by atoms with Gasteiger partial charge in [-0.1, -0.05) is 166 Å². The average Bonchev–Trinajstić information content (AvgIpc) is 3.84. The van der Waals surface area contributed by atoms with Crippen LogP contribution in [0.5, 0.6) is 0 Å². The Morgan fingerprint density at radius 1 is 0.302 bits per heavy atom. The van der Waals surface area contributed by atoms with Crippen LogP contribution in [0.25, 0.3) is 55.6 Å². The van der Waals surface area contributed by atoms with Gasteiger partial charge in [0.25, 0.3) is 0 Å². The van der Waals surface area contributed by atoms with Gasteiger partial charge in [-0.05, 0) is 201 Å². The Labute approximate surface area is 382 Å². The van der Waals surface area contributed by atoms with Crippen molar-refractivity contribution in [2.75, 3.05) is 0 Å². The summed E-state index contributed by atoms with van der Waals surface area (Å²) in [6.07, 6.45) is 11.9. The molecule has 3 aliphatic carbocycles.